The van der Waals surface area contributed by atoms with Crippen molar-refractivity contribution < 1.29 is 32.2 Å². The molecule has 13 nitrogen and oxygen atoms in total. The van der Waals surface area contributed by atoms with Crippen LogP contribution in [0.1, 0.15) is 0 Å². The number of anilines is 1. The van der Waals surface area contributed by atoms with Gasteiger partial charge in [0.25, 0.3) is 0 Å². The summed E-state index contributed by atoms with van der Waals surface area (Å²) in [5, 5.41) is 18.3. The average Bonchev–Trinajstić information content (AvgIpc) is 3.25. The van der Waals surface area contributed by atoms with Gasteiger partial charge < -0.3 is 19.1 Å². The Morgan fingerprint density at radius 2 is 1.97 bits per heavy atom. The number of esters is 2. The molecule has 15 heteroatoms. The highest BCUT2D eigenvalue weighted by atomic mass is 35.5. The number of rotatable bonds is 5. The Morgan fingerprint density at radius 3 is 2.53 bits per heavy atom. The lowest BCUT2D eigenvalue weighted by Crippen LogP contribution is -2.39. The van der Waals surface area contributed by atoms with Gasteiger partial charge in [-0.25, -0.2) is 23.1 Å². The zero-order valence-electron chi connectivity index (χ0n) is 15.6. The predicted molar refractivity (Wildman–Crippen MR) is 100 cm³/mol. The number of aromatic amines is 1. The molecule has 0 aliphatic carbocycles. The number of tetrazole rings is 1. The quantitative estimate of drug-likeness (QED) is 0.554. The van der Waals surface area contributed by atoms with Crippen LogP contribution in [-0.4, -0.2) is 68.5 Å². The lowest BCUT2D eigenvalue weighted by atomic mass is 10.1. The lowest BCUT2D eigenvalue weighted by Gasteiger charge is -2.32. The summed E-state index contributed by atoms with van der Waals surface area (Å²) < 4.78 is 38.8. The summed E-state index contributed by atoms with van der Waals surface area (Å²) in [6.45, 7) is -0.422. The van der Waals surface area contributed by atoms with E-state index in [-0.39, 0.29) is 46.7 Å². The Kier molecular flexibility index (Phi) is 6.02. The van der Waals surface area contributed by atoms with Gasteiger partial charge in [-0.15, -0.1) is 10.2 Å². The van der Waals surface area contributed by atoms with Crippen LogP contribution in [0.2, 0.25) is 5.02 Å². The number of nitrogens with two attached hydrogens (primary N) is 1. The summed E-state index contributed by atoms with van der Waals surface area (Å²) in [6.07, 6.45) is 0. The van der Waals surface area contributed by atoms with Crippen LogP contribution in [0.4, 0.5) is 5.69 Å². The molecule has 0 unspecified atom stereocenters. The molecule has 160 valence electrons. The molecule has 1 aromatic carbocycles. The number of hydrogen-bond donors (Lipinski definition) is 2. The molecule has 0 atom stereocenters. The summed E-state index contributed by atoms with van der Waals surface area (Å²) in [7, 11) is -1.92. The SMILES string of the molecule is COC(=O)C1=C(C(=O)OC)N(c2cc(Cl)c(S(N)(=O)=O)cc2-c2nn[nH]n2)COC1. The number of sulfonamides is 1. The molecular weight excluding hydrogens is 444 g/mol. The van der Waals surface area contributed by atoms with Crippen LogP contribution < -0.4 is 10.0 Å². The maximum Gasteiger partial charge on any atom is 0.355 e. The number of nitrogens with one attached hydrogen (secondary N) is 1. The molecule has 30 heavy (non-hydrogen) atoms. The van der Waals surface area contributed by atoms with Crippen molar-refractivity contribution in [2.75, 3.05) is 32.5 Å². The molecule has 3 N–H and O–H groups in total. The van der Waals surface area contributed by atoms with Crippen LogP contribution in [0.5, 0.6) is 0 Å². The maximum absolute atomic E-state index is 12.5. The molecule has 3 rings (SSSR count). The zero-order chi connectivity index (χ0) is 22.1. The van der Waals surface area contributed by atoms with Gasteiger partial charge in [-0.05, 0) is 17.3 Å². The molecule has 1 aromatic heterocycles. The van der Waals surface area contributed by atoms with Gasteiger partial charge in [0, 0.05) is 5.56 Å². The minimum atomic E-state index is -4.20. The second-order valence-electron chi connectivity index (χ2n) is 5.80. The highest BCUT2D eigenvalue weighted by Crippen LogP contribution is 2.38. The molecule has 0 amide bonds. The zero-order valence-corrected chi connectivity index (χ0v) is 17.2. The Labute approximate surface area is 174 Å². The van der Waals surface area contributed by atoms with E-state index in [4.69, 9.17) is 31.0 Å². The van der Waals surface area contributed by atoms with E-state index in [1.807, 2.05) is 0 Å². The van der Waals surface area contributed by atoms with E-state index in [9.17, 15) is 18.0 Å². The number of primary sulfonamides is 1. The molecule has 1 aliphatic rings. The number of carbonyl (C=O) groups is 2. The largest absolute Gasteiger partial charge is 0.466 e. The van der Waals surface area contributed by atoms with Gasteiger partial charge in [0.2, 0.25) is 15.8 Å². The van der Waals surface area contributed by atoms with Gasteiger partial charge in [0.15, 0.2) is 0 Å². The Hall–Kier alpha value is -3.07. The number of halogens is 1. The second-order valence-corrected chi connectivity index (χ2v) is 7.73. The van der Waals surface area contributed by atoms with E-state index >= 15 is 0 Å². The molecule has 0 saturated heterocycles. The first-order valence-corrected chi connectivity index (χ1v) is 9.96. The maximum atomic E-state index is 12.5. The van der Waals surface area contributed by atoms with E-state index in [1.54, 1.807) is 0 Å². The fourth-order valence-electron chi connectivity index (χ4n) is 2.77. The first-order chi connectivity index (χ1) is 14.2. The topological polar surface area (TPSA) is 180 Å². The summed E-state index contributed by atoms with van der Waals surface area (Å²) in [5.74, 6) is -1.70. The molecule has 2 heterocycles. The van der Waals surface area contributed by atoms with Crippen molar-refractivity contribution in [3.63, 3.8) is 0 Å². The van der Waals surface area contributed by atoms with Crippen molar-refractivity contribution in [1.82, 2.24) is 20.6 Å². The molecule has 2 aromatic rings. The molecule has 0 bridgehead atoms. The normalized spacial score (nSPS) is 14.6. The van der Waals surface area contributed by atoms with Gasteiger partial charge in [-0.1, -0.05) is 11.6 Å². The van der Waals surface area contributed by atoms with Crippen LogP contribution in [0, 0.1) is 0 Å². The summed E-state index contributed by atoms with van der Waals surface area (Å²) in [6, 6.07) is 2.35. The number of methoxy groups -OCH3 is 2. The van der Waals surface area contributed by atoms with Gasteiger partial charge in [0.1, 0.15) is 17.3 Å². The summed E-state index contributed by atoms with van der Waals surface area (Å²) in [4.78, 5) is 25.5. The molecule has 0 saturated carbocycles. The van der Waals surface area contributed by atoms with Crippen LogP contribution >= 0.6 is 11.6 Å². The van der Waals surface area contributed by atoms with Crippen molar-refractivity contribution in [3.05, 3.63) is 28.4 Å². The summed E-state index contributed by atoms with van der Waals surface area (Å²) >= 11 is 6.14. The number of ether oxygens (including phenoxy) is 3. The number of aromatic nitrogens is 4. The second kappa shape index (κ2) is 8.35. The van der Waals surface area contributed by atoms with E-state index in [0.717, 1.165) is 20.3 Å². The fraction of sp³-hybridized carbons (Fsp3) is 0.267. The Bertz CT molecular complexity index is 1130. The van der Waals surface area contributed by atoms with Crippen LogP contribution in [0.25, 0.3) is 11.4 Å². The summed E-state index contributed by atoms with van der Waals surface area (Å²) in [5.41, 5.74) is -0.0651. The van der Waals surface area contributed by atoms with E-state index in [1.165, 1.54) is 11.0 Å². The highest BCUT2D eigenvalue weighted by molar-refractivity contribution is 7.89. The van der Waals surface area contributed by atoms with Crippen LogP contribution in [-0.2, 0) is 33.8 Å². The Morgan fingerprint density at radius 1 is 1.27 bits per heavy atom. The minimum absolute atomic E-state index is 0.0269. The third kappa shape index (κ3) is 3.97. The minimum Gasteiger partial charge on any atom is -0.466 e. The van der Waals surface area contributed by atoms with E-state index in [2.05, 4.69) is 20.6 Å². The van der Waals surface area contributed by atoms with Gasteiger partial charge in [0.05, 0.1) is 37.1 Å². The number of benzene rings is 1. The standard InChI is InChI=1S/C15H15ClN6O7S/c1-27-14(23)8-5-29-6-22(12(8)15(24)28-2)10-4-9(16)11(30(17,25)26)3-7(10)13-18-20-21-19-13/h3-4H,5-6H2,1-2H3,(H2,17,25,26)(H,18,19,20,21). The van der Waals surface area contributed by atoms with E-state index < -0.39 is 26.9 Å². The van der Waals surface area contributed by atoms with Crippen molar-refractivity contribution in [1.29, 1.82) is 0 Å². The molecule has 1 aliphatic heterocycles. The van der Waals surface area contributed by atoms with Crippen LogP contribution in [0.15, 0.2) is 28.3 Å². The third-order valence-electron chi connectivity index (χ3n) is 4.07. The number of carbonyl (C=O) groups excluding carboxylic acids is 2. The van der Waals surface area contributed by atoms with Crippen molar-refractivity contribution >= 4 is 39.3 Å². The predicted octanol–water partition coefficient (Wildman–Crippen LogP) is -0.438. The Balaban J connectivity index is 2.31. The number of hydrogen-bond acceptors (Lipinski definition) is 11. The van der Waals surface area contributed by atoms with Gasteiger partial charge in [-0.2, -0.15) is 5.21 Å². The first kappa shape index (κ1) is 21.6. The van der Waals surface area contributed by atoms with Gasteiger partial charge >= 0.3 is 11.9 Å². The number of H-pyrrole nitrogens is 1. The van der Waals surface area contributed by atoms with Crippen LogP contribution in [0.3, 0.4) is 0 Å². The molecule has 0 fully saturated rings. The average molecular weight is 459 g/mol. The monoisotopic (exact) mass is 458 g/mol. The van der Waals surface area contributed by atoms with Crippen molar-refractivity contribution in [2.45, 2.75) is 4.90 Å². The van der Waals surface area contributed by atoms with Crippen molar-refractivity contribution in [2.24, 2.45) is 5.14 Å². The van der Waals surface area contributed by atoms with Crippen molar-refractivity contribution in [3.8, 4) is 11.4 Å². The van der Waals surface area contributed by atoms with E-state index in [0.29, 0.717) is 0 Å². The fourth-order valence-corrected chi connectivity index (χ4v) is 3.87. The smallest absolute Gasteiger partial charge is 0.355 e. The first-order valence-electron chi connectivity index (χ1n) is 8.04. The molecule has 0 radical (unpaired) electrons. The van der Waals surface area contributed by atoms with Gasteiger partial charge in [-0.3, -0.25) is 0 Å². The third-order valence-corrected chi connectivity index (χ3v) is 5.44. The highest BCUT2D eigenvalue weighted by Gasteiger charge is 2.35. The number of nitrogens with zero attached hydrogens (tertiary/aromatic N) is 4. The molecule has 0 spiro atoms. The molecular formula is C15H15ClN6O7S. The lowest BCUT2D eigenvalue weighted by molar-refractivity contribution is -0.140.